The fourth-order valence-corrected chi connectivity index (χ4v) is 3.49. The SMILES string of the molecule is CN1CCOc2ccc(NC(=O)CCCN3C(=O)c4ccccc4C3=O)cc21. The molecular weight excluding hydrogens is 358 g/mol. The lowest BCUT2D eigenvalue weighted by atomic mass is 10.1. The third kappa shape index (κ3) is 3.31. The Morgan fingerprint density at radius 1 is 1.11 bits per heavy atom. The highest BCUT2D eigenvalue weighted by molar-refractivity contribution is 6.21. The minimum Gasteiger partial charge on any atom is -0.490 e. The molecule has 2 aromatic rings. The molecule has 0 atom stereocenters. The Kier molecular flexibility index (Phi) is 4.73. The van der Waals surface area contributed by atoms with Crippen LogP contribution in [0.5, 0.6) is 5.75 Å². The van der Waals surface area contributed by atoms with Gasteiger partial charge in [0.15, 0.2) is 0 Å². The van der Waals surface area contributed by atoms with E-state index in [1.54, 1.807) is 30.3 Å². The molecule has 3 amide bonds. The summed E-state index contributed by atoms with van der Waals surface area (Å²) in [5, 5.41) is 2.87. The third-order valence-electron chi connectivity index (χ3n) is 5.00. The molecule has 0 unspecified atom stereocenters. The topological polar surface area (TPSA) is 79.0 Å². The molecule has 0 saturated carbocycles. The second-order valence-electron chi connectivity index (χ2n) is 6.91. The molecule has 1 N–H and O–H groups in total. The number of nitrogens with zero attached hydrogens (tertiary/aromatic N) is 2. The molecule has 7 heteroatoms. The van der Waals surface area contributed by atoms with Gasteiger partial charge in [-0.15, -0.1) is 0 Å². The lowest BCUT2D eigenvalue weighted by molar-refractivity contribution is -0.116. The number of carbonyl (C=O) groups is 3. The molecule has 0 radical (unpaired) electrons. The van der Waals surface area contributed by atoms with Gasteiger partial charge >= 0.3 is 0 Å². The molecule has 2 aliphatic heterocycles. The zero-order chi connectivity index (χ0) is 19.7. The number of anilines is 2. The van der Waals surface area contributed by atoms with Crippen LogP contribution in [0.3, 0.4) is 0 Å². The summed E-state index contributed by atoms with van der Waals surface area (Å²) in [7, 11) is 1.98. The van der Waals surface area contributed by atoms with Crippen LogP contribution in [0.25, 0.3) is 0 Å². The first-order valence-corrected chi connectivity index (χ1v) is 9.27. The molecule has 2 aliphatic rings. The van der Waals surface area contributed by atoms with Gasteiger partial charge in [-0.1, -0.05) is 12.1 Å². The number of fused-ring (bicyclic) bond motifs is 2. The Hall–Kier alpha value is -3.35. The molecule has 0 bridgehead atoms. The Morgan fingerprint density at radius 3 is 2.54 bits per heavy atom. The number of benzene rings is 2. The largest absolute Gasteiger partial charge is 0.490 e. The predicted molar refractivity (Wildman–Crippen MR) is 105 cm³/mol. The number of imide groups is 1. The summed E-state index contributed by atoms with van der Waals surface area (Å²) in [6.45, 7) is 1.66. The van der Waals surface area contributed by atoms with Crippen molar-refractivity contribution in [1.82, 2.24) is 4.90 Å². The van der Waals surface area contributed by atoms with Crippen molar-refractivity contribution in [2.24, 2.45) is 0 Å². The van der Waals surface area contributed by atoms with Gasteiger partial charge in [-0.05, 0) is 36.8 Å². The first-order valence-electron chi connectivity index (χ1n) is 9.27. The molecule has 2 heterocycles. The second kappa shape index (κ2) is 7.34. The summed E-state index contributed by atoms with van der Waals surface area (Å²) in [5.41, 5.74) is 2.49. The zero-order valence-electron chi connectivity index (χ0n) is 15.6. The minimum absolute atomic E-state index is 0.157. The maximum atomic E-state index is 12.3. The summed E-state index contributed by atoms with van der Waals surface area (Å²) in [5.74, 6) is 0.0609. The minimum atomic E-state index is -0.293. The highest BCUT2D eigenvalue weighted by Gasteiger charge is 2.34. The van der Waals surface area contributed by atoms with Gasteiger partial charge in [-0.25, -0.2) is 0 Å². The van der Waals surface area contributed by atoms with Crippen molar-refractivity contribution in [2.45, 2.75) is 12.8 Å². The van der Waals surface area contributed by atoms with Gasteiger partial charge in [0.25, 0.3) is 11.8 Å². The van der Waals surface area contributed by atoms with E-state index in [0.29, 0.717) is 29.8 Å². The number of ether oxygens (including phenoxy) is 1. The van der Waals surface area contributed by atoms with Crippen LogP contribution in [0.4, 0.5) is 11.4 Å². The lowest BCUT2D eigenvalue weighted by Gasteiger charge is -2.28. The van der Waals surface area contributed by atoms with E-state index >= 15 is 0 Å². The summed E-state index contributed by atoms with van der Waals surface area (Å²) < 4.78 is 5.60. The van der Waals surface area contributed by atoms with E-state index in [9.17, 15) is 14.4 Å². The number of amides is 3. The Labute approximate surface area is 162 Å². The van der Waals surface area contributed by atoms with Crippen LogP contribution >= 0.6 is 0 Å². The highest BCUT2D eigenvalue weighted by Crippen LogP contribution is 2.33. The Morgan fingerprint density at radius 2 is 1.82 bits per heavy atom. The van der Waals surface area contributed by atoms with E-state index in [0.717, 1.165) is 18.0 Å². The molecule has 0 spiro atoms. The number of rotatable bonds is 5. The van der Waals surface area contributed by atoms with Crippen LogP contribution in [0.2, 0.25) is 0 Å². The molecular formula is C21H21N3O4. The van der Waals surface area contributed by atoms with Crippen LogP contribution in [0.1, 0.15) is 33.6 Å². The fraction of sp³-hybridized carbons (Fsp3) is 0.286. The van der Waals surface area contributed by atoms with Crippen LogP contribution in [0.15, 0.2) is 42.5 Å². The number of nitrogens with one attached hydrogen (secondary N) is 1. The summed E-state index contributed by atoms with van der Waals surface area (Å²) in [6, 6.07) is 12.3. The van der Waals surface area contributed by atoms with E-state index < -0.39 is 0 Å². The van der Waals surface area contributed by atoms with E-state index in [1.165, 1.54) is 4.90 Å². The molecule has 0 aromatic heterocycles. The van der Waals surface area contributed by atoms with Crippen molar-refractivity contribution in [3.63, 3.8) is 0 Å². The zero-order valence-corrected chi connectivity index (χ0v) is 15.6. The lowest BCUT2D eigenvalue weighted by Crippen LogP contribution is -2.31. The number of hydrogen-bond acceptors (Lipinski definition) is 5. The van der Waals surface area contributed by atoms with Gasteiger partial charge in [0.05, 0.1) is 23.4 Å². The number of carbonyl (C=O) groups excluding carboxylic acids is 3. The average molecular weight is 379 g/mol. The van der Waals surface area contributed by atoms with Crippen LogP contribution < -0.4 is 15.0 Å². The van der Waals surface area contributed by atoms with Crippen molar-refractivity contribution >= 4 is 29.1 Å². The van der Waals surface area contributed by atoms with Crippen molar-refractivity contribution in [2.75, 3.05) is 37.0 Å². The quantitative estimate of drug-likeness (QED) is 0.808. The van der Waals surface area contributed by atoms with Gasteiger partial charge in [0, 0.05) is 25.7 Å². The molecule has 0 aliphatic carbocycles. The van der Waals surface area contributed by atoms with Gasteiger partial charge in [0.1, 0.15) is 12.4 Å². The first kappa shape index (κ1) is 18.0. The van der Waals surface area contributed by atoms with Gasteiger partial charge in [0.2, 0.25) is 5.91 Å². The maximum Gasteiger partial charge on any atom is 0.261 e. The van der Waals surface area contributed by atoms with Gasteiger partial charge in [-0.3, -0.25) is 19.3 Å². The van der Waals surface area contributed by atoms with Crippen LogP contribution in [0, 0.1) is 0 Å². The molecule has 144 valence electrons. The first-order chi connectivity index (χ1) is 13.5. The standard InChI is InChI=1S/C21H21N3O4/c1-23-11-12-28-18-9-8-14(13-17(18)23)22-19(25)7-4-10-24-20(26)15-5-2-3-6-16(15)21(24)27/h2-3,5-6,8-9,13H,4,7,10-12H2,1H3,(H,22,25). The molecule has 0 saturated heterocycles. The highest BCUT2D eigenvalue weighted by atomic mass is 16.5. The van der Waals surface area contributed by atoms with Crippen molar-refractivity contribution in [3.05, 3.63) is 53.6 Å². The summed E-state index contributed by atoms with van der Waals surface area (Å²) >= 11 is 0. The number of likely N-dealkylation sites (N-methyl/N-ethyl adjacent to an activating group) is 1. The maximum absolute atomic E-state index is 12.3. The average Bonchev–Trinajstić information content (AvgIpc) is 2.94. The predicted octanol–water partition coefficient (Wildman–Crippen LogP) is 2.53. The molecule has 4 rings (SSSR count). The summed E-state index contributed by atoms with van der Waals surface area (Å²) in [6.07, 6.45) is 0.627. The molecule has 7 nitrogen and oxygen atoms in total. The third-order valence-corrected chi connectivity index (χ3v) is 5.00. The smallest absolute Gasteiger partial charge is 0.261 e. The van der Waals surface area contributed by atoms with Gasteiger partial charge < -0.3 is 15.0 Å². The normalized spacial score (nSPS) is 15.2. The molecule has 2 aromatic carbocycles. The van der Waals surface area contributed by atoms with E-state index in [-0.39, 0.29) is 30.7 Å². The van der Waals surface area contributed by atoms with Crippen molar-refractivity contribution < 1.29 is 19.1 Å². The van der Waals surface area contributed by atoms with Crippen LogP contribution in [-0.2, 0) is 4.79 Å². The summed E-state index contributed by atoms with van der Waals surface area (Å²) in [4.78, 5) is 40.2. The van der Waals surface area contributed by atoms with E-state index in [4.69, 9.17) is 4.74 Å². The molecule has 28 heavy (non-hydrogen) atoms. The van der Waals surface area contributed by atoms with Crippen molar-refractivity contribution in [3.8, 4) is 5.75 Å². The molecule has 0 fully saturated rings. The Bertz CT molecular complexity index is 921. The van der Waals surface area contributed by atoms with Crippen molar-refractivity contribution in [1.29, 1.82) is 0 Å². The Balaban J connectivity index is 1.32. The fourth-order valence-electron chi connectivity index (χ4n) is 3.49. The monoisotopic (exact) mass is 379 g/mol. The van der Waals surface area contributed by atoms with E-state index in [1.807, 2.05) is 19.2 Å². The second-order valence-corrected chi connectivity index (χ2v) is 6.91. The van der Waals surface area contributed by atoms with Crippen LogP contribution in [-0.4, -0.2) is 49.4 Å². The number of hydrogen-bond donors (Lipinski definition) is 1. The van der Waals surface area contributed by atoms with Gasteiger partial charge in [-0.2, -0.15) is 0 Å². The van der Waals surface area contributed by atoms with E-state index in [2.05, 4.69) is 10.2 Å².